The highest BCUT2D eigenvalue weighted by molar-refractivity contribution is 7.89. The van der Waals surface area contributed by atoms with E-state index in [0.717, 1.165) is 35.9 Å². The number of hydrogen-bond donors (Lipinski definition) is 3. The lowest BCUT2D eigenvalue weighted by Gasteiger charge is -2.35. The first-order valence-corrected chi connectivity index (χ1v) is 16.2. The molecule has 0 spiro atoms. The van der Waals surface area contributed by atoms with Gasteiger partial charge < -0.3 is 19.9 Å². The standard InChI is InChI=1S/C30H38ClN5O5S/c1-19(37)41-13-10-20-8-11-36(12-9-20)29(38)25(16-27-33-23-6-4-5-7-24(23)34-27)35-42(39,40)26-15-22(31)14-21-17-30(2,3)18-32-28(21)26/h4-7,14-15,20,25,32,35H,8-13,16-18H2,1-3H3,(H,33,34)/t25-/m0/s1. The Bertz CT molecular complexity index is 1550. The SMILES string of the molecule is CC(=O)OCCC1CCN(C(=O)[C@H](Cc2nc3ccccc3[nH]2)NS(=O)(=O)c2cc(Cl)cc3c2NCC(C)(C)C3)CC1. The number of ether oxygens (including phenoxy) is 1. The van der Waals surface area contributed by atoms with Crippen LogP contribution >= 0.6 is 11.6 Å². The van der Waals surface area contributed by atoms with Gasteiger partial charge in [0.1, 0.15) is 16.8 Å². The number of aromatic nitrogens is 2. The molecular weight excluding hydrogens is 578 g/mol. The summed E-state index contributed by atoms with van der Waals surface area (Å²) in [7, 11) is -4.16. The van der Waals surface area contributed by atoms with E-state index in [4.69, 9.17) is 16.3 Å². The lowest BCUT2D eigenvalue weighted by Crippen LogP contribution is -2.52. The Morgan fingerprint density at radius 1 is 1.21 bits per heavy atom. The van der Waals surface area contributed by atoms with Crippen molar-refractivity contribution in [2.45, 2.75) is 63.8 Å². The van der Waals surface area contributed by atoms with E-state index >= 15 is 0 Å². The number of sulfonamides is 1. The van der Waals surface area contributed by atoms with Crippen LogP contribution in [0, 0.1) is 11.3 Å². The van der Waals surface area contributed by atoms with Crippen molar-refractivity contribution in [3.8, 4) is 0 Å². The maximum atomic E-state index is 14.0. The highest BCUT2D eigenvalue weighted by Gasteiger charge is 2.35. The molecule has 5 rings (SSSR count). The molecule has 2 aliphatic heterocycles. The number of carbonyl (C=O) groups excluding carboxylic acids is 2. The number of imidazole rings is 1. The zero-order valence-electron chi connectivity index (χ0n) is 24.2. The van der Waals surface area contributed by atoms with Crippen molar-refractivity contribution in [3.05, 3.63) is 52.8 Å². The van der Waals surface area contributed by atoms with Gasteiger partial charge in [-0.3, -0.25) is 9.59 Å². The first-order chi connectivity index (χ1) is 19.9. The third-order valence-corrected chi connectivity index (χ3v) is 9.75. The number of hydrogen-bond acceptors (Lipinski definition) is 7. The van der Waals surface area contributed by atoms with Gasteiger partial charge in [-0.15, -0.1) is 0 Å². The molecule has 0 aliphatic carbocycles. The van der Waals surface area contributed by atoms with Gasteiger partial charge >= 0.3 is 5.97 Å². The largest absolute Gasteiger partial charge is 0.466 e. The molecule has 226 valence electrons. The number of carbonyl (C=O) groups is 2. The summed E-state index contributed by atoms with van der Waals surface area (Å²) in [6.07, 6.45) is 2.96. The first-order valence-electron chi connectivity index (χ1n) is 14.3. The summed E-state index contributed by atoms with van der Waals surface area (Å²) < 4.78 is 35.7. The third-order valence-electron chi connectivity index (χ3n) is 8.04. The molecular formula is C30H38ClN5O5S. The van der Waals surface area contributed by atoms with E-state index < -0.39 is 16.1 Å². The lowest BCUT2D eigenvalue weighted by atomic mass is 9.82. The number of nitrogens with zero attached hydrogens (tertiary/aromatic N) is 2. The van der Waals surface area contributed by atoms with Gasteiger partial charge in [0, 0.05) is 38.0 Å². The number of anilines is 1. The summed E-state index contributed by atoms with van der Waals surface area (Å²) >= 11 is 6.41. The molecule has 1 fully saturated rings. The molecule has 1 amide bonds. The van der Waals surface area contributed by atoms with Crippen LogP contribution in [0.3, 0.4) is 0 Å². The van der Waals surface area contributed by atoms with Gasteiger partial charge in [0.2, 0.25) is 15.9 Å². The average Bonchev–Trinajstić information content (AvgIpc) is 3.33. The van der Waals surface area contributed by atoms with Crippen molar-refractivity contribution in [2.75, 3.05) is 31.6 Å². The van der Waals surface area contributed by atoms with Gasteiger partial charge in [0.25, 0.3) is 0 Å². The molecule has 0 unspecified atom stereocenters. The Morgan fingerprint density at radius 2 is 1.95 bits per heavy atom. The first kappa shape index (κ1) is 30.3. The highest BCUT2D eigenvalue weighted by atomic mass is 35.5. The van der Waals surface area contributed by atoms with Crippen molar-refractivity contribution in [2.24, 2.45) is 11.3 Å². The molecule has 3 aromatic rings. The van der Waals surface area contributed by atoms with Crippen LogP contribution in [-0.4, -0.2) is 67.4 Å². The van der Waals surface area contributed by atoms with Gasteiger partial charge in [0.05, 0.1) is 23.3 Å². The number of para-hydroxylation sites is 2. The second kappa shape index (κ2) is 12.2. The van der Waals surface area contributed by atoms with Crippen LogP contribution in [0.1, 0.15) is 51.4 Å². The average molecular weight is 616 g/mol. The number of likely N-dealkylation sites (tertiary alicyclic amines) is 1. The molecule has 2 aromatic carbocycles. The molecule has 1 atom stereocenters. The summed E-state index contributed by atoms with van der Waals surface area (Å²) in [5.41, 5.74) is 2.85. The quantitative estimate of drug-likeness (QED) is 0.306. The number of halogens is 1. The zero-order valence-corrected chi connectivity index (χ0v) is 25.8. The van der Waals surface area contributed by atoms with E-state index in [2.05, 4.69) is 33.9 Å². The van der Waals surface area contributed by atoms with Gasteiger partial charge in [-0.25, -0.2) is 13.4 Å². The lowest BCUT2D eigenvalue weighted by molar-refractivity contribution is -0.141. The number of H-pyrrole nitrogens is 1. The van der Waals surface area contributed by atoms with Crippen molar-refractivity contribution in [1.82, 2.24) is 19.6 Å². The number of fused-ring (bicyclic) bond motifs is 2. The van der Waals surface area contributed by atoms with Crippen LogP contribution in [0.5, 0.6) is 0 Å². The van der Waals surface area contributed by atoms with E-state index in [1.165, 1.54) is 13.0 Å². The minimum atomic E-state index is -4.16. The molecule has 0 saturated carbocycles. The number of piperidine rings is 1. The number of aromatic amines is 1. The van der Waals surface area contributed by atoms with Crippen LogP contribution in [0.2, 0.25) is 5.02 Å². The molecule has 0 bridgehead atoms. The Kier molecular flexibility index (Phi) is 8.82. The van der Waals surface area contributed by atoms with Crippen molar-refractivity contribution in [1.29, 1.82) is 0 Å². The third kappa shape index (κ3) is 7.07. The zero-order chi connectivity index (χ0) is 30.1. The molecule has 10 nitrogen and oxygen atoms in total. The van der Waals surface area contributed by atoms with Gasteiger partial charge in [-0.2, -0.15) is 4.72 Å². The second-order valence-corrected chi connectivity index (χ2v) is 14.2. The number of esters is 1. The van der Waals surface area contributed by atoms with Crippen LogP contribution in [0.4, 0.5) is 5.69 Å². The number of amides is 1. The second-order valence-electron chi connectivity index (χ2n) is 12.1. The summed E-state index contributed by atoms with van der Waals surface area (Å²) in [4.78, 5) is 34.6. The Hall–Kier alpha value is -3.15. The van der Waals surface area contributed by atoms with Crippen molar-refractivity contribution >= 4 is 50.2 Å². The predicted octanol–water partition coefficient (Wildman–Crippen LogP) is 4.29. The molecule has 0 radical (unpaired) electrons. The Morgan fingerprint density at radius 3 is 2.67 bits per heavy atom. The van der Waals surface area contributed by atoms with Gasteiger partial charge in [-0.05, 0) is 66.8 Å². The van der Waals surface area contributed by atoms with Crippen LogP contribution in [0.15, 0.2) is 41.3 Å². The van der Waals surface area contributed by atoms with Gasteiger partial charge in [-0.1, -0.05) is 37.6 Å². The smallest absolute Gasteiger partial charge is 0.302 e. The molecule has 1 saturated heterocycles. The fraction of sp³-hybridized carbons (Fsp3) is 0.500. The van der Waals surface area contributed by atoms with E-state index in [9.17, 15) is 18.0 Å². The molecule has 2 aliphatic rings. The fourth-order valence-corrected chi connectivity index (χ4v) is 7.60. The maximum absolute atomic E-state index is 14.0. The molecule has 3 heterocycles. The normalized spacial score (nSPS) is 17.9. The monoisotopic (exact) mass is 615 g/mol. The van der Waals surface area contributed by atoms with Crippen LogP contribution < -0.4 is 10.0 Å². The molecule has 42 heavy (non-hydrogen) atoms. The van der Waals surface area contributed by atoms with Crippen molar-refractivity contribution in [3.63, 3.8) is 0 Å². The predicted molar refractivity (Wildman–Crippen MR) is 162 cm³/mol. The fourth-order valence-electron chi connectivity index (χ4n) is 5.85. The number of rotatable bonds is 9. The Balaban J connectivity index is 1.39. The molecule has 12 heteroatoms. The topological polar surface area (TPSA) is 133 Å². The summed E-state index contributed by atoms with van der Waals surface area (Å²) in [6.45, 7) is 7.56. The molecule has 3 N–H and O–H groups in total. The van der Waals surface area contributed by atoms with Crippen LogP contribution in [-0.2, 0) is 37.2 Å². The van der Waals surface area contributed by atoms with Crippen molar-refractivity contribution < 1.29 is 22.7 Å². The summed E-state index contributed by atoms with van der Waals surface area (Å²) in [6, 6.07) is 9.67. The Labute approximate surface area is 251 Å². The van der Waals surface area contributed by atoms with E-state index in [1.54, 1.807) is 11.0 Å². The number of benzene rings is 2. The van der Waals surface area contributed by atoms with E-state index in [-0.39, 0.29) is 28.6 Å². The van der Waals surface area contributed by atoms with E-state index in [0.29, 0.717) is 55.1 Å². The summed E-state index contributed by atoms with van der Waals surface area (Å²) in [5, 5.41) is 3.62. The minimum absolute atomic E-state index is 0.0343. The summed E-state index contributed by atoms with van der Waals surface area (Å²) in [5.74, 6) is 0.236. The van der Waals surface area contributed by atoms with Crippen LogP contribution in [0.25, 0.3) is 11.0 Å². The highest BCUT2D eigenvalue weighted by Crippen LogP contribution is 2.38. The van der Waals surface area contributed by atoms with E-state index in [1.807, 2.05) is 24.3 Å². The maximum Gasteiger partial charge on any atom is 0.302 e. The number of nitrogens with one attached hydrogen (secondary N) is 3. The van der Waals surface area contributed by atoms with Gasteiger partial charge in [0.15, 0.2) is 0 Å². The molecule has 1 aromatic heterocycles. The minimum Gasteiger partial charge on any atom is -0.466 e.